The lowest BCUT2D eigenvalue weighted by Gasteiger charge is -2.35. The van der Waals surface area contributed by atoms with Crippen molar-refractivity contribution in [1.29, 1.82) is 0 Å². The monoisotopic (exact) mass is 550 g/mol. The molecule has 7 nitrogen and oxygen atoms in total. The number of hydrogen-bond acceptors (Lipinski definition) is 4. The Morgan fingerprint density at radius 1 is 1.00 bits per heavy atom. The Kier molecular flexibility index (Phi) is 9.94. The summed E-state index contributed by atoms with van der Waals surface area (Å²) in [4.78, 5) is 31.7. The number of rotatable bonds is 9. The first-order chi connectivity index (χ1) is 19.0. The van der Waals surface area contributed by atoms with E-state index in [1.54, 1.807) is 53.3 Å². The first kappa shape index (κ1) is 28.1. The third-order valence-electron chi connectivity index (χ3n) is 6.61. The highest BCUT2D eigenvalue weighted by atomic mass is 35.5. The Morgan fingerprint density at radius 3 is 2.44 bits per heavy atom. The van der Waals surface area contributed by atoms with Crippen molar-refractivity contribution < 1.29 is 18.7 Å². The van der Waals surface area contributed by atoms with Crippen molar-refractivity contribution in [3.05, 3.63) is 101 Å². The largest absolute Gasteiger partial charge is 0.496 e. The fourth-order valence-electron chi connectivity index (χ4n) is 4.39. The minimum atomic E-state index is -0.465. The van der Waals surface area contributed by atoms with Crippen molar-refractivity contribution in [3.8, 4) is 5.75 Å². The lowest BCUT2D eigenvalue weighted by atomic mass is 10.1. The number of methoxy groups -OCH3 is 1. The number of ether oxygens (including phenoxy) is 1. The molecule has 39 heavy (non-hydrogen) atoms. The predicted molar refractivity (Wildman–Crippen MR) is 153 cm³/mol. The third kappa shape index (κ3) is 7.59. The molecule has 0 aliphatic carbocycles. The second kappa shape index (κ2) is 13.8. The van der Waals surface area contributed by atoms with Crippen LogP contribution >= 0.6 is 11.6 Å². The van der Waals surface area contributed by atoms with E-state index in [2.05, 4.69) is 10.2 Å². The molecule has 1 saturated heterocycles. The molecule has 0 aromatic heterocycles. The van der Waals surface area contributed by atoms with E-state index in [1.807, 2.05) is 36.4 Å². The Balaban J connectivity index is 1.36. The maximum atomic E-state index is 13.9. The molecule has 0 atom stereocenters. The lowest BCUT2D eigenvalue weighted by molar-refractivity contribution is 0.0739. The molecule has 4 rings (SSSR count). The van der Waals surface area contributed by atoms with Crippen LogP contribution < -0.4 is 10.1 Å². The van der Waals surface area contributed by atoms with Gasteiger partial charge in [-0.05, 0) is 30.3 Å². The molecule has 3 aromatic rings. The van der Waals surface area contributed by atoms with Gasteiger partial charge in [-0.15, -0.1) is 0 Å². The number of benzene rings is 3. The van der Waals surface area contributed by atoms with Crippen LogP contribution in [0.4, 0.5) is 14.9 Å². The van der Waals surface area contributed by atoms with E-state index in [9.17, 15) is 14.0 Å². The zero-order valence-corrected chi connectivity index (χ0v) is 22.6. The molecular weight excluding hydrogens is 519 g/mol. The van der Waals surface area contributed by atoms with Crippen LogP contribution in [0.1, 0.15) is 15.9 Å². The number of hydrogen-bond donors (Lipinski definition) is 1. The maximum Gasteiger partial charge on any atom is 0.322 e. The average molecular weight is 551 g/mol. The SMILES string of the molecule is COc1ccccc1/C=C/CN(CCN1CCN(C(=O)Nc2ccccc2F)CC1)C(=O)c1ccccc1Cl. The van der Waals surface area contributed by atoms with Crippen molar-refractivity contribution in [1.82, 2.24) is 14.7 Å². The molecule has 1 fully saturated rings. The zero-order valence-electron chi connectivity index (χ0n) is 21.9. The summed E-state index contributed by atoms with van der Waals surface area (Å²) in [6.07, 6.45) is 3.89. The van der Waals surface area contributed by atoms with Gasteiger partial charge in [0.25, 0.3) is 5.91 Å². The Morgan fingerprint density at radius 2 is 1.69 bits per heavy atom. The van der Waals surface area contributed by atoms with E-state index in [0.29, 0.717) is 56.4 Å². The number of halogens is 2. The second-order valence-corrected chi connectivity index (χ2v) is 9.52. The average Bonchev–Trinajstić information content (AvgIpc) is 2.96. The van der Waals surface area contributed by atoms with Gasteiger partial charge in [0.1, 0.15) is 11.6 Å². The van der Waals surface area contributed by atoms with E-state index in [4.69, 9.17) is 16.3 Å². The molecule has 3 amide bonds. The van der Waals surface area contributed by atoms with Gasteiger partial charge in [-0.3, -0.25) is 9.69 Å². The number of carbonyl (C=O) groups is 2. The normalized spacial score (nSPS) is 13.9. The van der Waals surface area contributed by atoms with E-state index in [0.717, 1.165) is 11.3 Å². The quantitative estimate of drug-likeness (QED) is 0.382. The summed E-state index contributed by atoms with van der Waals surface area (Å²) in [5, 5.41) is 3.05. The molecule has 3 aromatic carbocycles. The molecule has 9 heteroatoms. The highest BCUT2D eigenvalue weighted by Crippen LogP contribution is 2.20. The number of nitrogens with zero attached hydrogens (tertiary/aromatic N) is 3. The summed E-state index contributed by atoms with van der Waals surface area (Å²) in [6, 6.07) is 20.5. The molecule has 1 heterocycles. The molecule has 0 radical (unpaired) electrons. The first-order valence-electron chi connectivity index (χ1n) is 12.8. The van der Waals surface area contributed by atoms with Crippen LogP contribution in [0, 0.1) is 5.82 Å². The molecule has 0 spiro atoms. The molecule has 0 unspecified atom stereocenters. The summed E-state index contributed by atoms with van der Waals surface area (Å²) >= 11 is 6.34. The Bertz CT molecular complexity index is 1310. The van der Waals surface area contributed by atoms with Crippen LogP contribution in [0.25, 0.3) is 6.08 Å². The van der Waals surface area contributed by atoms with Crippen LogP contribution in [0.2, 0.25) is 5.02 Å². The second-order valence-electron chi connectivity index (χ2n) is 9.11. The maximum absolute atomic E-state index is 13.9. The molecule has 1 aliphatic rings. The van der Waals surface area contributed by atoms with Gasteiger partial charge < -0.3 is 19.9 Å². The summed E-state index contributed by atoms with van der Waals surface area (Å²) in [6.45, 7) is 3.83. The fourth-order valence-corrected chi connectivity index (χ4v) is 4.60. The summed E-state index contributed by atoms with van der Waals surface area (Å²) in [5.74, 6) is 0.148. The standard InChI is InChI=1S/C30H32ClFN4O3/c1-39-28-15-7-2-9-23(28)10-8-16-35(29(37)24-11-3-4-12-25(24)31)20-17-34-18-21-36(22-19-34)30(38)33-27-14-6-5-13-26(27)32/h2-15H,16-22H2,1H3,(H,33,38)/b10-8+. The van der Waals surface area contributed by atoms with Gasteiger partial charge >= 0.3 is 6.03 Å². The number of urea groups is 1. The predicted octanol–water partition coefficient (Wildman–Crippen LogP) is 5.49. The Labute approximate surface area is 233 Å². The zero-order chi connectivity index (χ0) is 27.6. The smallest absolute Gasteiger partial charge is 0.322 e. The molecule has 204 valence electrons. The number of anilines is 1. The number of para-hydroxylation sites is 2. The topological polar surface area (TPSA) is 65.1 Å². The van der Waals surface area contributed by atoms with E-state index < -0.39 is 5.82 Å². The summed E-state index contributed by atoms with van der Waals surface area (Å²) < 4.78 is 19.3. The van der Waals surface area contributed by atoms with Gasteiger partial charge in [-0.25, -0.2) is 9.18 Å². The molecule has 0 saturated carbocycles. The molecule has 0 bridgehead atoms. The minimum Gasteiger partial charge on any atom is -0.496 e. The fraction of sp³-hybridized carbons (Fsp3) is 0.267. The van der Waals surface area contributed by atoms with E-state index in [1.165, 1.54) is 12.1 Å². The van der Waals surface area contributed by atoms with Gasteiger partial charge in [0.05, 0.1) is 23.4 Å². The lowest BCUT2D eigenvalue weighted by Crippen LogP contribution is -2.51. The minimum absolute atomic E-state index is 0.145. The van der Waals surface area contributed by atoms with Gasteiger partial charge in [0, 0.05) is 51.4 Å². The van der Waals surface area contributed by atoms with Gasteiger partial charge in [0.2, 0.25) is 0 Å². The van der Waals surface area contributed by atoms with Crippen LogP contribution in [0.5, 0.6) is 5.75 Å². The highest BCUT2D eigenvalue weighted by Gasteiger charge is 2.23. The first-order valence-corrected chi connectivity index (χ1v) is 13.2. The summed E-state index contributed by atoms with van der Waals surface area (Å²) in [7, 11) is 1.63. The number of amides is 3. The number of piperazine rings is 1. The molecular formula is C30H32ClFN4O3. The third-order valence-corrected chi connectivity index (χ3v) is 6.94. The molecule has 1 N–H and O–H groups in total. The van der Waals surface area contributed by atoms with Crippen molar-refractivity contribution in [2.24, 2.45) is 0 Å². The van der Waals surface area contributed by atoms with Crippen LogP contribution in [-0.2, 0) is 0 Å². The van der Waals surface area contributed by atoms with Crippen LogP contribution in [0.15, 0.2) is 78.9 Å². The van der Waals surface area contributed by atoms with Crippen LogP contribution in [-0.4, -0.2) is 79.6 Å². The van der Waals surface area contributed by atoms with Crippen molar-refractivity contribution in [2.45, 2.75) is 0 Å². The van der Waals surface area contributed by atoms with Crippen molar-refractivity contribution in [2.75, 3.05) is 58.2 Å². The highest BCUT2D eigenvalue weighted by molar-refractivity contribution is 6.33. The molecule has 1 aliphatic heterocycles. The summed E-state index contributed by atoms with van der Waals surface area (Å²) in [5.41, 5.74) is 1.55. The van der Waals surface area contributed by atoms with Crippen LogP contribution in [0.3, 0.4) is 0 Å². The van der Waals surface area contributed by atoms with Gasteiger partial charge in [-0.2, -0.15) is 0 Å². The number of nitrogens with one attached hydrogen (secondary N) is 1. The number of carbonyl (C=O) groups excluding carboxylic acids is 2. The van der Waals surface area contributed by atoms with Gasteiger partial charge in [-0.1, -0.05) is 66.2 Å². The Hall–Kier alpha value is -3.88. The van der Waals surface area contributed by atoms with Crippen molar-refractivity contribution >= 4 is 35.3 Å². The van der Waals surface area contributed by atoms with Gasteiger partial charge in [0.15, 0.2) is 0 Å². The van der Waals surface area contributed by atoms with E-state index >= 15 is 0 Å². The van der Waals surface area contributed by atoms with Crippen molar-refractivity contribution in [3.63, 3.8) is 0 Å². The van der Waals surface area contributed by atoms with E-state index in [-0.39, 0.29) is 17.6 Å².